The summed E-state index contributed by atoms with van der Waals surface area (Å²) in [5.74, 6) is 0. The van der Waals surface area contributed by atoms with Crippen LogP contribution in [0.5, 0.6) is 0 Å². The molecule has 1 aromatic heterocycles. The second-order valence-electron chi connectivity index (χ2n) is 3.96. The van der Waals surface area contributed by atoms with E-state index < -0.39 is 0 Å². The highest BCUT2D eigenvalue weighted by Gasteiger charge is 2.17. The summed E-state index contributed by atoms with van der Waals surface area (Å²) >= 11 is 0. The Bertz CT molecular complexity index is 372. The van der Waals surface area contributed by atoms with E-state index in [1.165, 1.54) is 0 Å². The number of carbonyl (C=O) groups is 1. The van der Waals surface area contributed by atoms with Crippen LogP contribution in [0.1, 0.15) is 11.3 Å². The van der Waals surface area contributed by atoms with Crippen LogP contribution >= 0.6 is 0 Å². The van der Waals surface area contributed by atoms with Gasteiger partial charge in [0, 0.05) is 30.5 Å². The number of ether oxygens (including phenoxy) is 2. The van der Waals surface area contributed by atoms with Gasteiger partial charge in [-0.1, -0.05) is 6.07 Å². The first-order valence-electron chi connectivity index (χ1n) is 5.67. The summed E-state index contributed by atoms with van der Waals surface area (Å²) in [7, 11) is 0. The fraction of sp³-hybridized carbons (Fsp3) is 0.500. The van der Waals surface area contributed by atoms with E-state index in [0.29, 0.717) is 26.3 Å². The predicted octanol–water partition coefficient (Wildman–Crippen LogP) is 1.36. The van der Waals surface area contributed by atoms with Crippen molar-refractivity contribution in [2.75, 3.05) is 26.3 Å². The normalized spacial score (nSPS) is 15.7. The monoisotopic (exact) mass is 236 g/mol. The maximum atomic E-state index is 11.7. The molecule has 0 bridgehead atoms. The third-order valence-corrected chi connectivity index (χ3v) is 2.60. The molecule has 0 aliphatic carbocycles. The van der Waals surface area contributed by atoms with Gasteiger partial charge < -0.3 is 14.4 Å². The van der Waals surface area contributed by atoms with Crippen molar-refractivity contribution in [3.8, 4) is 0 Å². The van der Waals surface area contributed by atoms with Gasteiger partial charge >= 0.3 is 6.09 Å². The molecule has 2 heterocycles. The lowest BCUT2D eigenvalue weighted by Gasteiger charge is -2.25. The molecule has 0 atom stereocenters. The number of carbonyl (C=O) groups excluding carboxylic acids is 1. The number of amides is 1. The summed E-state index contributed by atoms with van der Waals surface area (Å²) in [5, 5.41) is 0. The van der Waals surface area contributed by atoms with Crippen LogP contribution in [0.25, 0.3) is 0 Å². The van der Waals surface area contributed by atoms with Crippen molar-refractivity contribution in [3.05, 3.63) is 29.6 Å². The van der Waals surface area contributed by atoms with E-state index in [9.17, 15) is 4.79 Å². The van der Waals surface area contributed by atoms with E-state index in [-0.39, 0.29) is 12.7 Å². The second-order valence-corrected chi connectivity index (χ2v) is 3.96. The van der Waals surface area contributed by atoms with Gasteiger partial charge in [0.15, 0.2) is 0 Å². The molecule has 0 aromatic carbocycles. The minimum absolute atomic E-state index is 0.267. The zero-order valence-electron chi connectivity index (χ0n) is 9.89. The summed E-state index contributed by atoms with van der Waals surface area (Å²) in [6, 6.07) is 3.81. The van der Waals surface area contributed by atoms with Crippen molar-refractivity contribution in [3.63, 3.8) is 0 Å². The van der Waals surface area contributed by atoms with Gasteiger partial charge in [-0.05, 0) is 13.0 Å². The Balaban J connectivity index is 1.81. The van der Waals surface area contributed by atoms with Crippen LogP contribution in [0.2, 0.25) is 0 Å². The van der Waals surface area contributed by atoms with Gasteiger partial charge in [0.2, 0.25) is 0 Å². The molecule has 17 heavy (non-hydrogen) atoms. The Kier molecular flexibility index (Phi) is 3.93. The highest BCUT2D eigenvalue weighted by atomic mass is 16.6. The van der Waals surface area contributed by atoms with E-state index in [4.69, 9.17) is 9.47 Å². The van der Waals surface area contributed by atoms with Crippen LogP contribution in [-0.4, -0.2) is 42.3 Å². The van der Waals surface area contributed by atoms with E-state index in [0.717, 1.165) is 11.3 Å². The van der Waals surface area contributed by atoms with E-state index >= 15 is 0 Å². The van der Waals surface area contributed by atoms with Crippen molar-refractivity contribution in [2.45, 2.75) is 13.5 Å². The van der Waals surface area contributed by atoms with Crippen molar-refractivity contribution in [1.82, 2.24) is 9.88 Å². The van der Waals surface area contributed by atoms with Crippen LogP contribution in [0.15, 0.2) is 18.3 Å². The SMILES string of the molecule is Cc1ccc(COC(=O)N2CCOCC2)cn1. The average Bonchev–Trinajstić information content (AvgIpc) is 2.39. The minimum Gasteiger partial charge on any atom is -0.444 e. The summed E-state index contributed by atoms with van der Waals surface area (Å²) in [6.45, 7) is 4.56. The maximum Gasteiger partial charge on any atom is 0.410 e. The zero-order chi connectivity index (χ0) is 12.1. The van der Waals surface area contributed by atoms with E-state index in [1.54, 1.807) is 11.1 Å². The summed E-state index contributed by atoms with van der Waals surface area (Å²) < 4.78 is 10.4. The quantitative estimate of drug-likeness (QED) is 0.778. The molecule has 1 fully saturated rings. The Morgan fingerprint density at radius 1 is 1.47 bits per heavy atom. The third kappa shape index (κ3) is 3.42. The smallest absolute Gasteiger partial charge is 0.410 e. The molecule has 2 rings (SSSR count). The molecule has 1 aliphatic heterocycles. The van der Waals surface area contributed by atoms with Crippen molar-refractivity contribution < 1.29 is 14.3 Å². The average molecular weight is 236 g/mol. The lowest BCUT2D eigenvalue weighted by Crippen LogP contribution is -2.40. The predicted molar refractivity (Wildman–Crippen MR) is 61.6 cm³/mol. The first-order chi connectivity index (χ1) is 8.25. The number of pyridine rings is 1. The molecule has 1 aliphatic rings. The third-order valence-electron chi connectivity index (χ3n) is 2.60. The lowest BCUT2D eigenvalue weighted by molar-refractivity contribution is 0.0249. The highest BCUT2D eigenvalue weighted by molar-refractivity contribution is 5.67. The Labute approximate surface area is 100 Å². The summed E-state index contributed by atoms with van der Waals surface area (Å²) in [5.41, 5.74) is 1.85. The molecule has 0 saturated carbocycles. The fourth-order valence-electron chi connectivity index (χ4n) is 1.57. The standard InChI is InChI=1S/C12H16N2O3/c1-10-2-3-11(8-13-10)9-17-12(15)14-4-6-16-7-5-14/h2-3,8H,4-7,9H2,1H3. The summed E-state index contributed by atoms with van der Waals surface area (Å²) in [6.07, 6.45) is 1.44. The topological polar surface area (TPSA) is 51.7 Å². The summed E-state index contributed by atoms with van der Waals surface area (Å²) in [4.78, 5) is 17.5. The Morgan fingerprint density at radius 3 is 2.88 bits per heavy atom. The number of aromatic nitrogens is 1. The molecule has 92 valence electrons. The van der Waals surface area contributed by atoms with Crippen LogP contribution in [-0.2, 0) is 16.1 Å². The Hall–Kier alpha value is -1.62. The van der Waals surface area contributed by atoms with Gasteiger partial charge in [-0.3, -0.25) is 4.98 Å². The second kappa shape index (κ2) is 5.63. The molecule has 5 heteroatoms. The van der Waals surface area contributed by atoms with E-state index in [1.807, 2.05) is 19.1 Å². The molecule has 1 aromatic rings. The van der Waals surface area contributed by atoms with Crippen molar-refractivity contribution in [1.29, 1.82) is 0 Å². The molecular formula is C12H16N2O3. The van der Waals surface area contributed by atoms with Crippen LogP contribution in [0.4, 0.5) is 4.79 Å². The van der Waals surface area contributed by atoms with Crippen LogP contribution < -0.4 is 0 Å². The number of nitrogens with zero attached hydrogens (tertiary/aromatic N) is 2. The number of rotatable bonds is 2. The van der Waals surface area contributed by atoms with Gasteiger partial charge in [-0.2, -0.15) is 0 Å². The zero-order valence-corrected chi connectivity index (χ0v) is 9.89. The van der Waals surface area contributed by atoms with Crippen LogP contribution in [0.3, 0.4) is 0 Å². The minimum atomic E-state index is -0.283. The van der Waals surface area contributed by atoms with Gasteiger partial charge in [-0.25, -0.2) is 4.79 Å². The highest BCUT2D eigenvalue weighted by Crippen LogP contribution is 2.05. The molecular weight excluding hydrogens is 220 g/mol. The number of morpholine rings is 1. The largest absolute Gasteiger partial charge is 0.444 e. The first kappa shape index (κ1) is 11.9. The van der Waals surface area contributed by atoms with Crippen LogP contribution in [0, 0.1) is 6.92 Å². The van der Waals surface area contributed by atoms with Gasteiger partial charge in [0.1, 0.15) is 6.61 Å². The maximum absolute atomic E-state index is 11.7. The molecule has 0 unspecified atom stereocenters. The number of hydrogen-bond acceptors (Lipinski definition) is 4. The number of hydrogen-bond donors (Lipinski definition) is 0. The van der Waals surface area contributed by atoms with Crippen molar-refractivity contribution in [2.24, 2.45) is 0 Å². The Morgan fingerprint density at radius 2 is 2.24 bits per heavy atom. The molecule has 5 nitrogen and oxygen atoms in total. The van der Waals surface area contributed by atoms with Gasteiger partial charge in [-0.15, -0.1) is 0 Å². The van der Waals surface area contributed by atoms with Gasteiger partial charge in [0.05, 0.1) is 13.2 Å². The molecule has 0 N–H and O–H groups in total. The molecule has 0 radical (unpaired) electrons. The van der Waals surface area contributed by atoms with Gasteiger partial charge in [0.25, 0.3) is 0 Å². The first-order valence-corrected chi connectivity index (χ1v) is 5.67. The molecule has 0 spiro atoms. The molecule has 1 saturated heterocycles. The fourth-order valence-corrected chi connectivity index (χ4v) is 1.57. The van der Waals surface area contributed by atoms with E-state index in [2.05, 4.69) is 4.98 Å². The number of aryl methyl sites for hydroxylation is 1. The lowest BCUT2D eigenvalue weighted by atomic mass is 10.3. The molecule has 1 amide bonds. The van der Waals surface area contributed by atoms with Crippen molar-refractivity contribution >= 4 is 6.09 Å².